The fraction of sp³-hybridized carbons (Fsp3) is 0.783. The number of carbonyl (C=O) groups is 5. The van der Waals surface area contributed by atoms with Crippen molar-refractivity contribution in [3.8, 4) is 0 Å². The number of esters is 1. The van der Waals surface area contributed by atoms with Crippen LogP contribution in [0.25, 0.3) is 0 Å². The van der Waals surface area contributed by atoms with E-state index in [1.165, 1.54) is 12.0 Å². The number of hydrogen-bond acceptors (Lipinski definition) is 18. The summed E-state index contributed by atoms with van der Waals surface area (Å²) in [5, 5.41) is 42.1. The molecule has 1 aliphatic carbocycles. The molecule has 4 rings (SSSR count). The van der Waals surface area contributed by atoms with E-state index in [-0.39, 0.29) is 107 Å². The molecule has 4 N–H and O–H groups in total. The van der Waals surface area contributed by atoms with Crippen molar-refractivity contribution in [2.45, 2.75) is 180 Å². The van der Waals surface area contributed by atoms with Gasteiger partial charge < -0.3 is 68.0 Å². The summed E-state index contributed by atoms with van der Waals surface area (Å²) in [5.41, 5.74) is 1.19. The highest BCUT2D eigenvalue weighted by Gasteiger charge is 2.53. The molecule has 3 fully saturated rings. The van der Waals surface area contributed by atoms with Gasteiger partial charge in [-0.25, -0.2) is 4.79 Å². The number of hydrogen-bond donors (Lipinski definition) is 4. The first-order chi connectivity index (χ1) is 37.8. The molecule has 0 aromatic carbocycles. The van der Waals surface area contributed by atoms with Gasteiger partial charge in [-0.2, -0.15) is 0 Å². The van der Waals surface area contributed by atoms with Crippen molar-refractivity contribution in [1.82, 2.24) is 4.90 Å². The van der Waals surface area contributed by atoms with E-state index in [0.717, 1.165) is 12.0 Å². The smallest absolute Gasteiger partial charge is 0.329 e. The van der Waals surface area contributed by atoms with Crippen molar-refractivity contribution >= 4 is 29.2 Å². The van der Waals surface area contributed by atoms with Gasteiger partial charge in [0.15, 0.2) is 5.78 Å². The topological polar surface area (TPSA) is 253 Å². The molecule has 19 nitrogen and oxygen atoms in total. The molecule has 0 aromatic heterocycles. The fourth-order valence-electron chi connectivity index (χ4n) is 11.3. The lowest BCUT2D eigenvalue weighted by molar-refractivity contribution is -0.266. The zero-order valence-electron chi connectivity index (χ0n) is 48.8. The zero-order valence-corrected chi connectivity index (χ0v) is 48.8. The lowest BCUT2D eigenvalue weighted by Gasteiger charge is -2.43. The van der Waals surface area contributed by atoms with Gasteiger partial charge in [0.25, 0.3) is 11.7 Å². The van der Waals surface area contributed by atoms with Crippen LogP contribution in [0.5, 0.6) is 0 Å². The predicted molar refractivity (Wildman–Crippen MR) is 294 cm³/mol. The molecule has 0 aromatic rings. The van der Waals surface area contributed by atoms with Gasteiger partial charge in [0, 0.05) is 51.4 Å². The lowest BCUT2D eigenvalue weighted by atomic mass is 9.78. The van der Waals surface area contributed by atoms with Crippen molar-refractivity contribution in [1.29, 1.82) is 0 Å². The molecule has 2 bridgehead atoms. The standard InChI is InChI=1S/C60H97NO18/c1-39-15-11-10-12-16-40(2)51(77-32-31-75-30-29-74-28-27-73-25-23-62)37-47-20-18-45(7)60(70,79-47)57(67)58(68)61-22-14-13-17-48(61)59(69)78-52(42(4)35-46-19-21-50(76-26-24-63)53(36-46)71-8)38-49(64)41(3)34-44(6)55(66)56(72-9)54(65)43(5)33-39/h10-12,15-16,34,39,41-43,45-48,50-53,55-56,62-63,66,70H,13-14,17-33,35-38H2,1-9H3/b12-10+,15-11+,40-16+,44-34+/t39-,41-,42-,43-,45-,46+,47+,48+,50-,51-,52+,53-,55-,56+,60-/m1/s1. The van der Waals surface area contributed by atoms with Crippen LogP contribution in [0.2, 0.25) is 0 Å². The average molecular weight is 1120 g/mol. The molecule has 0 spiro atoms. The van der Waals surface area contributed by atoms with E-state index in [9.17, 15) is 39.3 Å². The summed E-state index contributed by atoms with van der Waals surface area (Å²) in [4.78, 5) is 73.0. The monoisotopic (exact) mass is 1120 g/mol. The summed E-state index contributed by atoms with van der Waals surface area (Å²) in [6.45, 7) is 14.8. The lowest BCUT2D eigenvalue weighted by Crippen LogP contribution is -2.61. The van der Waals surface area contributed by atoms with Crippen LogP contribution >= 0.6 is 0 Å². The number of nitrogens with zero attached hydrogens (tertiary/aromatic N) is 1. The summed E-state index contributed by atoms with van der Waals surface area (Å²) < 4.78 is 52.9. The minimum atomic E-state index is -2.50. The Morgan fingerprint density at radius 1 is 0.747 bits per heavy atom. The Morgan fingerprint density at radius 2 is 1.43 bits per heavy atom. The highest BCUT2D eigenvalue weighted by atomic mass is 16.6. The van der Waals surface area contributed by atoms with Crippen LogP contribution in [-0.2, 0) is 66.6 Å². The zero-order chi connectivity index (χ0) is 58.1. The normalized spacial score (nSPS) is 35.4. The summed E-state index contributed by atoms with van der Waals surface area (Å²) in [6, 6.07) is -1.18. The predicted octanol–water partition coefficient (Wildman–Crippen LogP) is 5.61. The molecule has 450 valence electrons. The second-order valence-corrected chi connectivity index (χ2v) is 22.4. The van der Waals surface area contributed by atoms with Gasteiger partial charge >= 0.3 is 5.97 Å². The van der Waals surface area contributed by atoms with Crippen LogP contribution in [0.1, 0.15) is 126 Å². The highest BCUT2D eigenvalue weighted by molar-refractivity contribution is 6.39. The van der Waals surface area contributed by atoms with Crippen LogP contribution in [0, 0.1) is 35.5 Å². The maximum absolute atomic E-state index is 14.6. The Hall–Kier alpha value is -3.57. The van der Waals surface area contributed by atoms with Crippen molar-refractivity contribution < 1.29 is 87.0 Å². The Morgan fingerprint density at radius 3 is 2.10 bits per heavy atom. The van der Waals surface area contributed by atoms with E-state index in [0.29, 0.717) is 83.4 Å². The second kappa shape index (κ2) is 35.4. The van der Waals surface area contributed by atoms with E-state index >= 15 is 0 Å². The van der Waals surface area contributed by atoms with Crippen molar-refractivity contribution in [3.05, 3.63) is 47.6 Å². The maximum atomic E-state index is 14.6. The Kier molecular flexibility index (Phi) is 30.5. The second-order valence-electron chi connectivity index (χ2n) is 22.4. The SMILES string of the molecule is CO[C@@H]1C[C@H](C[C@@H](C)[C@@H]2CC(=O)[C@H](C)/C=C(\C)[C@@H](O)[C@@H](OC)C(=O)[C@H](C)C[C@H](C)/C=C/C=C/C=C(\C)[C@H](OCCOCCOCCOCCO)C[C@@H]3CC[C@@H](C)[C@@](O)(O3)C(=O)C(=O)N3CCCC[C@H]3C(=O)O2)CC[C@H]1OCCO. The Bertz CT molecular complexity index is 2010. The van der Waals surface area contributed by atoms with Gasteiger partial charge in [-0.15, -0.1) is 0 Å². The summed E-state index contributed by atoms with van der Waals surface area (Å²) in [5.74, 6) is -8.35. The number of fused-ring (bicyclic) bond motifs is 3. The molecular formula is C60H97NO18. The number of amides is 1. The molecule has 19 heteroatoms. The minimum Gasteiger partial charge on any atom is -0.460 e. The molecule has 79 heavy (non-hydrogen) atoms. The molecule has 3 heterocycles. The Labute approximate surface area is 469 Å². The van der Waals surface area contributed by atoms with Gasteiger partial charge in [-0.1, -0.05) is 71.1 Å². The summed E-state index contributed by atoms with van der Waals surface area (Å²) in [6.07, 6.45) is 11.2. The first kappa shape index (κ1) is 67.9. The van der Waals surface area contributed by atoms with E-state index < -0.39 is 77.8 Å². The number of piperidine rings is 1. The number of ketones is 3. The molecule has 2 saturated heterocycles. The molecule has 3 aliphatic heterocycles. The molecule has 15 atom stereocenters. The number of ether oxygens (including phenoxy) is 9. The van der Waals surface area contributed by atoms with Gasteiger partial charge in [-0.3, -0.25) is 19.2 Å². The van der Waals surface area contributed by atoms with E-state index in [1.807, 2.05) is 51.2 Å². The number of rotatable bonds is 20. The van der Waals surface area contributed by atoms with Gasteiger partial charge in [-0.05, 0) is 107 Å². The third kappa shape index (κ3) is 21.3. The first-order valence-electron chi connectivity index (χ1n) is 28.9. The fourth-order valence-corrected chi connectivity index (χ4v) is 11.3. The number of aliphatic hydroxyl groups excluding tert-OH is 3. The van der Waals surface area contributed by atoms with Crippen LogP contribution in [-0.4, -0.2) is 196 Å². The summed E-state index contributed by atoms with van der Waals surface area (Å²) in [7, 11) is 3.00. The number of carbonyl (C=O) groups excluding carboxylic acids is 5. The summed E-state index contributed by atoms with van der Waals surface area (Å²) >= 11 is 0. The van der Waals surface area contributed by atoms with Crippen LogP contribution < -0.4 is 0 Å². The number of allylic oxidation sites excluding steroid dienone is 6. The third-order valence-electron chi connectivity index (χ3n) is 16.1. The number of Topliss-reactive ketones (excluding diaryl/α,β-unsaturated/α-hetero) is 3. The minimum absolute atomic E-state index is 0.0265. The maximum Gasteiger partial charge on any atom is 0.329 e. The van der Waals surface area contributed by atoms with Crippen molar-refractivity contribution in [2.75, 3.05) is 86.8 Å². The van der Waals surface area contributed by atoms with Crippen LogP contribution in [0.15, 0.2) is 47.6 Å². The van der Waals surface area contributed by atoms with E-state index in [4.69, 9.17) is 47.7 Å². The quantitative estimate of drug-likeness (QED) is 0.0500. The number of aliphatic hydroxyl groups is 4. The average Bonchev–Trinajstić information content (AvgIpc) is 3.45. The van der Waals surface area contributed by atoms with Crippen molar-refractivity contribution in [3.63, 3.8) is 0 Å². The number of cyclic esters (lactones) is 1. The van der Waals surface area contributed by atoms with Crippen molar-refractivity contribution in [2.24, 2.45) is 35.5 Å². The number of methoxy groups -OCH3 is 2. The van der Waals surface area contributed by atoms with E-state index in [2.05, 4.69) is 0 Å². The largest absolute Gasteiger partial charge is 0.460 e. The van der Waals surface area contributed by atoms with Gasteiger partial charge in [0.05, 0.1) is 90.5 Å². The molecule has 1 saturated carbocycles. The van der Waals surface area contributed by atoms with Gasteiger partial charge in [0.2, 0.25) is 5.79 Å². The Balaban J connectivity index is 1.66. The highest BCUT2D eigenvalue weighted by Crippen LogP contribution is 2.38. The third-order valence-corrected chi connectivity index (χ3v) is 16.1. The molecule has 0 unspecified atom stereocenters. The van der Waals surface area contributed by atoms with Gasteiger partial charge in [0.1, 0.15) is 30.1 Å². The molecule has 1 amide bonds. The molecular weight excluding hydrogens is 1020 g/mol. The molecule has 4 aliphatic rings. The molecule has 0 radical (unpaired) electrons. The van der Waals surface area contributed by atoms with Crippen LogP contribution in [0.3, 0.4) is 0 Å². The first-order valence-corrected chi connectivity index (χ1v) is 28.9. The van der Waals surface area contributed by atoms with Crippen LogP contribution in [0.4, 0.5) is 0 Å². The van der Waals surface area contributed by atoms with E-state index in [1.54, 1.807) is 40.9 Å².